The molecule has 1 aromatic heterocycles. The van der Waals surface area contributed by atoms with Crippen LogP contribution in [0.3, 0.4) is 0 Å². The zero-order valence-electron chi connectivity index (χ0n) is 15.0. The van der Waals surface area contributed by atoms with E-state index in [-0.39, 0.29) is 0 Å². The Morgan fingerprint density at radius 2 is 2.22 bits per heavy atom. The Morgan fingerprint density at radius 3 is 2.87 bits per heavy atom. The highest BCUT2D eigenvalue weighted by Crippen LogP contribution is 2.13. The van der Waals surface area contributed by atoms with Gasteiger partial charge in [-0.15, -0.1) is 11.3 Å². The Labute approximate surface area is 145 Å². The number of nitrogens with zero attached hydrogens (tertiary/aromatic N) is 2. The number of ether oxygens (including phenoxy) is 1. The molecule has 0 saturated heterocycles. The number of methoxy groups -OCH3 is 1. The van der Waals surface area contributed by atoms with Gasteiger partial charge in [0.2, 0.25) is 0 Å². The largest absolute Gasteiger partial charge is 0.385 e. The van der Waals surface area contributed by atoms with Gasteiger partial charge in [-0.3, -0.25) is 4.99 Å². The van der Waals surface area contributed by atoms with E-state index in [1.54, 1.807) is 7.11 Å². The van der Waals surface area contributed by atoms with Gasteiger partial charge in [0, 0.05) is 51.8 Å². The van der Waals surface area contributed by atoms with Crippen LogP contribution in [-0.2, 0) is 11.2 Å². The lowest BCUT2D eigenvalue weighted by molar-refractivity contribution is 0.180. The minimum Gasteiger partial charge on any atom is -0.385 e. The Bertz CT molecular complexity index is 422. The van der Waals surface area contributed by atoms with Crippen LogP contribution in [0.15, 0.2) is 22.5 Å². The van der Waals surface area contributed by atoms with E-state index in [0.29, 0.717) is 5.92 Å². The summed E-state index contributed by atoms with van der Waals surface area (Å²) in [4.78, 5) is 8.04. The van der Waals surface area contributed by atoms with Crippen LogP contribution >= 0.6 is 11.3 Å². The molecule has 132 valence electrons. The molecule has 0 spiro atoms. The Morgan fingerprint density at radius 1 is 1.39 bits per heavy atom. The summed E-state index contributed by atoms with van der Waals surface area (Å²) in [6.07, 6.45) is 2.18. The van der Waals surface area contributed by atoms with E-state index in [1.165, 1.54) is 4.88 Å². The number of hydrogen-bond acceptors (Lipinski definition) is 4. The summed E-state index contributed by atoms with van der Waals surface area (Å²) >= 11 is 1.83. The second-order valence-electron chi connectivity index (χ2n) is 5.92. The molecule has 0 aromatic carbocycles. The minimum absolute atomic E-state index is 0.587. The number of likely N-dealkylation sites (N-methyl/N-ethyl adjacent to an activating group) is 1. The molecule has 1 heterocycles. The van der Waals surface area contributed by atoms with Crippen molar-refractivity contribution in [1.82, 2.24) is 15.5 Å². The molecule has 0 aliphatic heterocycles. The highest BCUT2D eigenvalue weighted by atomic mass is 32.1. The molecule has 1 atom stereocenters. The first-order valence-corrected chi connectivity index (χ1v) is 9.18. The molecule has 6 heteroatoms. The Hall–Kier alpha value is -1.11. The summed E-state index contributed by atoms with van der Waals surface area (Å²) in [5.41, 5.74) is 0. The average Bonchev–Trinajstić information content (AvgIpc) is 3.03. The van der Waals surface area contributed by atoms with Gasteiger partial charge in [-0.1, -0.05) is 13.0 Å². The third-order valence-corrected chi connectivity index (χ3v) is 4.54. The molecule has 5 nitrogen and oxygen atoms in total. The number of rotatable bonds is 11. The fourth-order valence-electron chi connectivity index (χ4n) is 2.29. The normalized spacial score (nSPS) is 13.3. The first kappa shape index (κ1) is 19.9. The summed E-state index contributed by atoms with van der Waals surface area (Å²) in [5.74, 6) is 1.47. The molecule has 0 bridgehead atoms. The third kappa shape index (κ3) is 9.58. The molecular weight excluding hydrogens is 308 g/mol. The summed E-state index contributed by atoms with van der Waals surface area (Å²) < 4.78 is 5.07. The van der Waals surface area contributed by atoms with Crippen molar-refractivity contribution < 1.29 is 4.74 Å². The standard InChI is InChI=1S/C17H32N4OS/c1-15(13-16-7-5-12-23-16)14-20-17(18-2)19-8-10-21(3)9-6-11-22-4/h5,7,12,15H,6,8-11,13-14H2,1-4H3,(H2,18,19,20). The van der Waals surface area contributed by atoms with Crippen LogP contribution in [-0.4, -0.2) is 64.9 Å². The van der Waals surface area contributed by atoms with Crippen molar-refractivity contribution in [1.29, 1.82) is 0 Å². The van der Waals surface area contributed by atoms with E-state index in [4.69, 9.17) is 4.74 Å². The number of nitrogens with one attached hydrogen (secondary N) is 2. The van der Waals surface area contributed by atoms with Crippen molar-refractivity contribution in [3.8, 4) is 0 Å². The molecule has 0 aliphatic carbocycles. The maximum atomic E-state index is 5.07. The topological polar surface area (TPSA) is 48.9 Å². The number of hydrogen-bond donors (Lipinski definition) is 2. The lowest BCUT2D eigenvalue weighted by Gasteiger charge is -2.19. The molecule has 1 aromatic rings. The average molecular weight is 341 g/mol. The summed E-state index contributed by atoms with van der Waals surface area (Å²) in [6.45, 7) is 6.96. The van der Waals surface area contributed by atoms with Gasteiger partial charge in [-0.2, -0.15) is 0 Å². The number of thiophene rings is 1. The lowest BCUT2D eigenvalue weighted by Crippen LogP contribution is -2.42. The summed E-state index contributed by atoms with van der Waals surface area (Å²) in [5, 5.41) is 8.92. The van der Waals surface area contributed by atoms with Crippen molar-refractivity contribution in [3.05, 3.63) is 22.4 Å². The minimum atomic E-state index is 0.587. The van der Waals surface area contributed by atoms with Gasteiger partial charge in [-0.25, -0.2) is 0 Å². The summed E-state index contributed by atoms with van der Waals surface area (Å²) in [7, 11) is 5.70. The second kappa shape index (κ2) is 12.3. The van der Waals surface area contributed by atoms with Crippen LogP contribution < -0.4 is 10.6 Å². The molecule has 2 N–H and O–H groups in total. The SMILES string of the molecule is CN=C(NCCN(C)CCCOC)NCC(C)Cc1cccs1. The molecule has 0 radical (unpaired) electrons. The van der Waals surface area contributed by atoms with Crippen molar-refractivity contribution in [2.45, 2.75) is 19.8 Å². The van der Waals surface area contributed by atoms with E-state index < -0.39 is 0 Å². The first-order chi connectivity index (χ1) is 11.2. The first-order valence-electron chi connectivity index (χ1n) is 8.30. The van der Waals surface area contributed by atoms with E-state index in [1.807, 2.05) is 18.4 Å². The molecule has 0 aliphatic rings. The van der Waals surface area contributed by atoms with Crippen LogP contribution in [0, 0.1) is 5.92 Å². The smallest absolute Gasteiger partial charge is 0.191 e. The highest BCUT2D eigenvalue weighted by molar-refractivity contribution is 7.09. The zero-order valence-corrected chi connectivity index (χ0v) is 15.8. The van der Waals surface area contributed by atoms with E-state index in [0.717, 1.165) is 51.6 Å². The van der Waals surface area contributed by atoms with Crippen molar-refractivity contribution >= 4 is 17.3 Å². The summed E-state index contributed by atoms with van der Waals surface area (Å²) in [6, 6.07) is 4.32. The molecule has 1 unspecified atom stereocenters. The van der Waals surface area contributed by atoms with E-state index >= 15 is 0 Å². The molecule has 0 saturated carbocycles. The highest BCUT2D eigenvalue weighted by Gasteiger charge is 2.06. The Balaban J connectivity index is 2.14. The third-order valence-electron chi connectivity index (χ3n) is 3.65. The van der Waals surface area contributed by atoms with Gasteiger partial charge < -0.3 is 20.3 Å². The van der Waals surface area contributed by atoms with Gasteiger partial charge in [0.15, 0.2) is 5.96 Å². The Kier molecular flexibility index (Phi) is 10.7. The number of guanidine groups is 1. The van der Waals surface area contributed by atoms with Crippen LogP contribution in [0.1, 0.15) is 18.2 Å². The van der Waals surface area contributed by atoms with Gasteiger partial charge >= 0.3 is 0 Å². The quantitative estimate of drug-likeness (QED) is 0.368. The molecular formula is C17H32N4OS. The maximum absolute atomic E-state index is 5.07. The van der Waals surface area contributed by atoms with Crippen LogP contribution in [0.4, 0.5) is 0 Å². The van der Waals surface area contributed by atoms with Crippen molar-refractivity contribution in [2.75, 3.05) is 54.0 Å². The fourth-order valence-corrected chi connectivity index (χ4v) is 3.16. The second-order valence-corrected chi connectivity index (χ2v) is 6.95. The van der Waals surface area contributed by atoms with E-state index in [9.17, 15) is 0 Å². The van der Waals surface area contributed by atoms with Crippen LogP contribution in [0.25, 0.3) is 0 Å². The fraction of sp³-hybridized carbons (Fsp3) is 0.706. The monoisotopic (exact) mass is 340 g/mol. The van der Waals surface area contributed by atoms with Crippen molar-refractivity contribution in [3.63, 3.8) is 0 Å². The van der Waals surface area contributed by atoms with Gasteiger partial charge in [0.25, 0.3) is 0 Å². The van der Waals surface area contributed by atoms with Crippen LogP contribution in [0.5, 0.6) is 0 Å². The molecule has 0 amide bonds. The maximum Gasteiger partial charge on any atom is 0.191 e. The van der Waals surface area contributed by atoms with E-state index in [2.05, 4.69) is 52.0 Å². The number of aliphatic imine (C=N–C) groups is 1. The zero-order chi connectivity index (χ0) is 16.9. The lowest BCUT2D eigenvalue weighted by atomic mass is 10.1. The van der Waals surface area contributed by atoms with Gasteiger partial charge in [-0.05, 0) is 37.3 Å². The predicted octanol–water partition coefficient (Wildman–Crippen LogP) is 2.06. The van der Waals surface area contributed by atoms with Crippen LogP contribution in [0.2, 0.25) is 0 Å². The van der Waals surface area contributed by atoms with Crippen molar-refractivity contribution in [2.24, 2.45) is 10.9 Å². The molecule has 1 rings (SSSR count). The predicted molar refractivity (Wildman–Crippen MR) is 101 cm³/mol. The van der Waals surface area contributed by atoms with Gasteiger partial charge in [0.05, 0.1) is 0 Å². The molecule has 23 heavy (non-hydrogen) atoms. The van der Waals surface area contributed by atoms with Gasteiger partial charge in [0.1, 0.15) is 0 Å². The molecule has 0 fully saturated rings.